The number of benzene rings is 3. The van der Waals surface area contributed by atoms with E-state index in [1.165, 1.54) is 60.4 Å². The number of aliphatic carboxylic acids is 1. The van der Waals surface area contributed by atoms with E-state index in [4.69, 9.17) is 47.9 Å². The van der Waals surface area contributed by atoms with Gasteiger partial charge in [0.25, 0.3) is 0 Å². The summed E-state index contributed by atoms with van der Waals surface area (Å²) in [6.45, 7) is 10.6. The zero-order valence-corrected chi connectivity index (χ0v) is 60.5. The summed E-state index contributed by atoms with van der Waals surface area (Å²) < 4.78 is 24.5. The third-order valence-electron chi connectivity index (χ3n) is 18.1. The van der Waals surface area contributed by atoms with E-state index in [9.17, 15) is 73.2 Å². The molecule has 3 aliphatic heterocycles. The number of Topliss-reactive ketones (excluding diaryl/α,β-unsaturated/α-hetero) is 2. The van der Waals surface area contributed by atoms with Gasteiger partial charge in [0.2, 0.25) is 35.8 Å². The van der Waals surface area contributed by atoms with Crippen LogP contribution in [0.2, 0.25) is 0 Å². The lowest BCUT2D eigenvalue weighted by atomic mass is 9.88. The number of ether oxygens (including phenoxy) is 4. The number of carboxylic acids is 1. The second-order valence-electron chi connectivity index (χ2n) is 26.1. The first-order valence-electron chi connectivity index (χ1n) is 33.1. The number of aryl methyl sites for hydroxylation is 2. The number of hydrogen-bond donors (Lipinski definition) is 9. The first-order chi connectivity index (χ1) is 47.9. The fourth-order valence-electron chi connectivity index (χ4n) is 12.7. The molecule has 0 spiro atoms. The van der Waals surface area contributed by atoms with Crippen molar-refractivity contribution in [2.75, 3.05) is 80.2 Å². The molecule has 0 unspecified atom stereocenters. The van der Waals surface area contributed by atoms with Gasteiger partial charge in [-0.25, -0.2) is 19.2 Å². The summed E-state index contributed by atoms with van der Waals surface area (Å²) in [7, 11) is 3.01. The monoisotopic (exact) mass is 1480 g/mol. The van der Waals surface area contributed by atoms with Crippen LogP contribution in [0.4, 0.5) is 31.4 Å². The van der Waals surface area contributed by atoms with Gasteiger partial charge in [-0.15, -0.1) is 45.9 Å². The van der Waals surface area contributed by atoms with Gasteiger partial charge in [0.05, 0.1) is 26.8 Å². The van der Waals surface area contributed by atoms with Crippen molar-refractivity contribution in [3.05, 3.63) is 75.0 Å². The van der Waals surface area contributed by atoms with Crippen molar-refractivity contribution < 1.29 is 92.1 Å². The Kier molecular flexibility index (Phi) is 27.3. The van der Waals surface area contributed by atoms with Crippen LogP contribution in [0, 0.1) is 31.6 Å². The molecule has 0 aliphatic carbocycles. The zero-order chi connectivity index (χ0) is 73.8. The molecule has 0 bridgehead atoms. The largest absolute Gasteiger partial charge is 0.479 e. The molecule has 32 heteroatoms. The molecule has 1 saturated heterocycles. The minimum Gasteiger partial charge on any atom is -0.479 e. The number of aliphatic hydroxyl groups excluding tert-OH is 3. The number of ketones is 2. The maximum atomic E-state index is 14.4. The van der Waals surface area contributed by atoms with Crippen molar-refractivity contribution in [2.24, 2.45) is 23.5 Å². The second-order valence-corrected chi connectivity index (χ2v) is 28.5. The molecule has 9 amide bonds. The molecule has 2 aromatic heterocycles. The third-order valence-corrected chi connectivity index (χ3v) is 21.1. The number of carbonyl (C=O) groups excluding carboxylic acids is 10. The van der Waals surface area contributed by atoms with Crippen LogP contribution in [-0.2, 0) is 54.4 Å². The van der Waals surface area contributed by atoms with Crippen LogP contribution in [0.3, 0.4) is 0 Å². The number of thiophene rings is 2. The highest BCUT2D eigenvalue weighted by Crippen LogP contribution is 2.51. The minimum atomic E-state index is -1.93. The van der Waals surface area contributed by atoms with Gasteiger partial charge in [0.15, 0.2) is 17.6 Å². The standard InChI is InChI=1S/C69H87Cl2N9O19S2/c1-34(2)56(76-64(90)41(23-37(5)81)18-20-73-38(6)82)47(83)24-40(11-10-19-74-67(72)93)63(89)75-44-16-14-39(15-17-44)31-96-68(94)77(7)21-22-78(8)69(95)98-49-26-46-55(53-36(4)33-101-62(49)53)43(28-71)30-80(46)51(85)13-9-12-50(84)79-29-42(27-70)54-45(79)25-48(61-52(54)35(3)32-100-61)97-66-59(88)57(86)58(87)60(99-66)65(91)92/h14-17,25-26,32-34,40-43,56-60,66,86-88H,9-13,18-24,27-31H2,1-8H3,(H,73,82)(H,75,89)(H,76,90)(H,91,92)(H3,72,74,93)/t40-,41-,42-,43-,56+,57+,58+,59-,60+,66-/m1/s1. The van der Waals surface area contributed by atoms with Crippen molar-refractivity contribution in [3.63, 3.8) is 0 Å². The van der Waals surface area contributed by atoms with Crippen molar-refractivity contribution in [1.29, 1.82) is 0 Å². The Morgan fingerprint density at radius 3 is 1.80 bits per heavy atom. The van der Waals surface area contributed by atoms with Gasteiger partial charge in [-0.05, 0) is 103 Å². The molecule has 28 nitrogen and oxygen atoms in total. The topological polar surface area (TPSA) is 393 Å². The Balaban J connectivity index is 0.850. The van der Waals surface area contributed by atoms with Crippen LogP contribution in [0.1, 0.15) is 119 Å². The van der Waals surface area contributed by atoms with Gasteiger partial charge in [0.1, 0.15) is 36.5 Å². The number of fused-ring (bicyclic) bond motifs is 6. The number of carbonyl (C=O) groups is 11. The maximum absolute atomic E-state index is 14.4. The summed E-state index contributed by atoms with van der Waals surface area (Å²) in [6.07, 6.45) is -10.5. The molecule has 0 radical (unpaired) electrons. The molecule has 548 valence electrons. The molecule has 3 aromatic carbocycles. The number of nitrogens with one attached hydrogen (secondary N) is 4. The molecule has 1 fully saturated rings. The van der Waals surface area contributed by atoms with E-state index >= 15 is 0 Å². The van der Waals surface area contributed by atoms with Crippen LogP contribution in [0.25, 0.3) is 20.2 Å². The Morgan fingerprint density at radius 1 is 0.713 bits per heavy atom. The Hall–Kier alpha value is -8.23. The van der Waals surface area contributed by atoms with Crippen LogP contribution in [-0.4, -0.2) is 197 Å². The van der Waals surface area contributed by atoms with E-state index in [0.717, 1.165) is 33.0 Å². The van der Waals surface area contributed by atoms with Gasteiger partial charge in [-0.1, -0.05) is 26.0 Å². The predicted molar refractivity (Wildman–Crippen MR) is 379 cm³/mol. The summed E-state index contributed by atoms with van der Waals surface area (Å²) in [4.78, 5) is 150. The fraction of sp³-hybridized carbons (Fsp3) is 0.522. The highest BCUT2D eigenvalue weighted by Gasteiger charge is 2.49. The number of anilines is 3. The van der Waals surface area contributed by atoms with Crippen molar-refractivity contribution in [2.45, 2.75) is 148 Å². The van der Waals surface area contributed by atoms with Crippen molar-refractivity contribution >= 4 is 148 Å². The van der Waals surface area contributed by atoms with E-state index in [2.05, 4.69) is 21.3 Å². The number of alkyl halides is 2. The van der Waals surface area contributed by atoms with Gasteiger partial charge >= 0.3 is 24.2 Å². The number of likely N-dealkylation sites (N-methyl/N-ethyl adjacent to an activating group) is 2. The summed E-state index contributed by atoms with van der Waals surface area (Å²) in [6, 6.07) is 7.93. The Labute approximate surface area is 601 Å². The van der Waals surface area contributed by atoms with E-state index in [1.807, 2.05) is 24.6 Å². The van der Waals surface area contributed by atoms with Crippen molar-refractivity contribution in [1.82, 2.24) is 25.8 Å². The normalized spacial score (nSPS) is 19.4. The number of urea groups is 1. The van der Waals surface area contributed by atoms with Gasteiger partial charge in [0, 0.05) is 150 Å². The Morgan fingerprint density at radius 2 is 1.27 bits per heavy atom. The number of hydrogen-bond acceptors (Lipinski definition) is 20. The molecule has 10 atom stereocenters. The quantitative estimate of drug-likeness (QED) is 0.0153. The molecule has 5 aromatic rings. The number of halogens is 2. The first kappa shape index (κ1) is 78.5. The van der Waals surface area contributed by atoms with Crippen LogP contribution >= 0.6 is 45.9 Å². The predicted octanol–water partition coefficient (Wildman–Crippen LogP) is 7.14. The lowest BCUT2D eigenvalue weighted by Gasteiger charge is -2.38. The molecular weight excluding hydrogens is 1390 g/mol. The van der Waals surface area contributed by atoms with Crippen LogP contribution in [0.15, 0.2) is 47.2 Å². The lowest BCUT2D eigenvalue weighted by Crippen LogP contribution is -2.61. The third kappa shape index (κ3) is 19.1. The minimum absolute atomic E-state index is 0.0193. The summed E-state index contributed by atoms with van der Waals surface area (Å²) in [5.74, 6) is -6.22. The number of amides is 9. The van der Waals surface area contributed by atoms with E-state index in [0.29, 0.717) is 32.0 Å². The number of nitrogens with zero attached hydrogens (tertiary/aromatic N) is 4. The average molecular weight is 1480 g/mol. The first-order valence-corrected chi connectivity index (χ1v) is 36.0. The number of aliphatic hydroxyl groups is 3. The number of rotatable bonds is 32. The van der Waals surface area contributed by atoms with Gasteiger partial charge in [-0.2, -0.15) is 0 Å². The van der Waals surface area contributed by atoms with E-state index in [1.54, 1.807) is 60.0 Å². The number of nitrogens with two attached hydrogens (primary N) is 1. The zero-order valence-electron chi connectivity index (χ0n) is 57.3. The van der Waals surface area contributed by atoms with E-state index < -0.39 is 96.3 Å². The summed E-state index contributed by atoms with van der Waals surface area (Å²) >= 11 is 15.9. The highest BCUT2D eigenvalue weighted by atomic mass is 35.5. The second kappa shape index (κ2) is 35.1. The van der Waals surface area contributed by atoms with Crippen LogP contribution < -0.4 is 46.3 Å². The fourth-order valence-corrected chi connectivity index (χ4v) is 15.3. The molecule has 101 heavy (non-hydrogen) atoms. The molecule has 8 rings (SSSR count). The van der Waals surface area contributed by atoms with Gasteiger partial charge < -0.3 is 90.8 Å². The molecule has 0 saturated carbocycles. The Bertz CT molecular complexity index is 3930. The molecule has 5 heterocycles. The average Bonchev–Trinajstić information content (AvgIpc) is 1.60. The van der Waals surface area contributed by atoms with E-state index in [-0.39, 0.29) is 156 Å². The number of carboxylic acid groups (broad SMARTS) is 1. The SMILES string of the molecule is CC(=O)C[C@@H](CCNC(C)=O)C(=O)N[C@H](C(=O)C[C@@H](CCCNC(N)=O)C(=O)Nc1ccc(COC(=O)N(C)CCN(C)C(=O)Oc2cc3c(c4c(C)csc24)[C@H](CCl)CN3C(=O)CCCC(=O)N2C[C@@H](CCl)c3c2cc(O[C@@H]2O[C@H](C(=O)O)[C@@H](O)[C@H](O)[C@H]2O)c2scc(C)c32)cc1)C(C)C. The van der Waals surface area contributed by atoms with Gasteiger partial charge in [-0.3, -0.25) is 28.8 Å². The highest BCUT2D eigenvalue weighted by molar-refractivity contribution is 7.18. The van der Waals surface area contributed by atoms with Crippen LogP contribution in [0.5, 0.6) is 11.5 Å². The lowest BCUT2D eigenvalue weighted by molar-refractivity contribution is -0.270. The summed E-state index contributed by atoms with van der Waals surface area (Å²) in [5, 5.41) is 57.4. The summed E-state index contributed by atoms with van der Waals surface area (Å²) in [5.41, 5.74) is 10.5. The van der Waals surface area contributed by atoms with Crippen molar-refractivity contribution in [3.8, 4) is 11.5 Å². The molecule has 3 aliphatic rings. The number of primary amides is 1. The maximum Gasteiger partial charge on any atom is 0.415 e. The molecular formula is C69H87Cl2N9O19S2. The molecule has 10 N–H and O–H groups in total. The smallest absolute Gasteiger partial charge is 0.415 e.